The molecule has 4 nitrogen and oxygen atoms in total. The number of hydrogen-bond donors (Lipinski definition) is 1. The fourth-order valence-electron chi connectivity index (χ4n) is 3.35. The van der Waals surface area contributed by atoms with Crippen LogP contribution >= 0.6 is 11.6 Å². The van der Waals surface area contributed by atoms with Gasteiger partial charge in [0.05, 0.1) is 23.7 Å². The number of aliphatic carboxylic acids is 1. The van der Waals surface area contributed by atoms with Gasteiger partial charge in [-0.15, -0.1) is 0 Å². The van der Waals surface area contributed by atoms with E-state index in [1.54, 1.807) is 12.1 Å². The minimum Gasteiger partial charge on any atom is -0.489 e. The Morgan fingerprint density at radius 1 is 1.05 bits per heavy atom. The molecule has 1 fully saturated rings. The molecule has 1 N–H and O–H groups in total. The molecule has 3 rings (SSSR count). The van der Waals surface area contributed by atoms with Gasteiger partial charge in [-0.2, -0.15) is 0 Å². The van der Waals surface area contributed by atoms with Crippen LogP contribution in [0.1, 0.15) is 44.1 Å². The second kappa shape index (κ2) is 5.76. The predicted molar refractivity (Wildman–Crippen MR) is 79.5 cm³/mol. The Bertz CT molecular complexity index is 549. The first-order chi connectivity index (χ1) is 10.1. The first kappa shape index (κ1) is 14.5. The summed E-state index contributed by atoms with van der Waals surface area (Å²) in [6.07, 6.45) is 4.97. The highest BCUT2D eigenvalue weighted by molar-refractivity contribution is 6.32. The van der Waals surface area contributed by atoms with E-state index in [1.807, 2.05) is 0 Å². The van der Waals surface area contributed by atoms with Crippen molar-refractivity contribution < 1.29 is 19.4 Å². The Balaban J connectivity index is 2.14. The smallest absolute Gasteiger partial charge is 0.314 e. The van der Waals surface area contributed by atoms with Gasteiger partial charge >= 0.3 is 5.97 Å². The van der Waals surface area contributed by atoms with Gasteiger partial charge in [0.2, 0.25) is 0 Å². The van der Waals surface area contributed by atoms with E-state index in [4.69, 9.17) is 21.1 Å². The predicted octanol–water partition coefficient (Wildman–Crippen LogP) is 3.79. The van der Waals surface area contributed by atoms with E-state index in [9.17, 15) is 9.90 Å². The zero-order chi connectivity index (χ0) is 14.9. The zero-order valence-electron chi connectivity index (χ0n) is 11.9. The van der Waals surface area contributed by atoms with Crippen molar-refractivity contribution in [1.29, 1.82) is 0 Å². The van der Waals surface area contributed by atoms with Gasteiger partial charge in [0, 0.05) is 12.0 Å². The van der Waals surface area contributed by atoms with Gasteiger partial charge in [0.1, 0.15) is 0 Å². The summed E-state index contributed by atoms with van der Waals surface area (Å²) in [5.41, 5.74) is -0.156. The van der Waals surface area contributed by atoms with Crippen molar-refractivity contribution in [2.45, 2.75) is 43.9 Å². The molecule has 21 heavy (non-hydrogen) atoms. The summed E-state index contributed by atoms with van der Waals surface area (Å²) in [7, 11) is 0. The average Bonchev–Trinajstić information content (AvgIpc) is 2.74. The quantitative estimate of drug-likeness (QED) is 0.903. The number of carboxylic acids is 1. The minimum absolute atomic E-state index is 0.479. The number of halogens is 1. The lowest BCUT2D eigenvalue weighted by Crippen LogP contribution is -2.38. The zero-order valence-corrected chi connectivity index (χ0v) is 12.6. The summed E-state index contributed by atoms with van der Waals surface area (Å²) in [5.74, 6) is 0.252. The number of rotatable bonds is 2. The van der Waals surface area contributed by atoms with Gasteiger partial charge in [-0.1, -0.05) is 36.9 Å². The first-order valence-electron chi connectivity index (χ1n) is 7.47. The van der Waals surface area contributed by atoms with Crippen LogP contribution in [0.3, 0.4) is 0 Å². The number of carboxylic acid groups (broad SMARTS) is 1. The molecule has 0 atom stereocenters. The molecule has 2 aliphatic rings. The van der Waals surface area contributed by atoms with Gasteiger partial charge in [-0.3, -0.25) is 4.79 Å². The maximum atomic E-state index is 12.0. The fraction of sp³-hybridized carbons (Fsp3) is 0.562. The van der Waals surface area contributed by atoms with E-state index >= 15 is 0 Å². The van der Waals surface area contributed by atoms with E-state index in [-0.39, 0.29) is 0 Å². The average molecular weight is 311 g/mol. The van der Waals surface area contributed by atoms with Gasteiger partial charge in [-0.05, 0) is 18.9 Å². The minimum atomic E-state index is -0.874. The van der Waals surface area contributed by atoms with E-state index in [1.165, 1.54) is 0 Å². The maximum Gasteiger partial charge on any atom is 0.314 e. The molecule has 0 amide bonds. The number of carbonyl (C=O) groups is 1. The lowest BCUT2D eigenvalue weighted by Gasteiger charge is -2.35. The SMILES string of the molecule is O=C(O)C1(c2ccc(Cl)c3c2OCCCO3)CCCCC1. The molecule has 1 heterocycles. The highest BCUT2D eigenvalue weighted by atomic mass is 35.5. The molecular weight excluding hydrogens is 292 g/mol. The molecule has 1 aromatic rings. The monoisotopic (exact) mass is 310 g/mol. The lowest BCUT2D eigenvalue weighted by atomic mass is 9.69. The Labute approximate surface area is 129 Å². The number of hydrogen-bond acceptors (Lipinski definition) is 3. The molecule has 5 heteroatoms. The standard InChI is InChI=1S/C16H19ClO4/c17-12-6-5-11(13-14(12)21-10-4-9-20-13)16(15(18)19)7-2-1-3-8-16/h5-6H,1-4,7-10H2,(H,18,19). The summed E-state index contributed by atoms with van der Waals surface area (Å²) >= 11 is 6.20. The normalized spacial score (nSPS) is 20.6. The highest BCUT2D eigenvalue weighted by Gasteiger charge is 2.44. The van der Waals surface area contributed by atoms with Crippen molar-refractivity contribution in [3.05, 3.63) is 22.7 Å². The second-order valence-corrected chi connectivity index (χ2v) is 6.16. The second-order valence-electron chi connectivity index (χ2n) is 5.75. The highest BCUT2D eigenvalue weighted by Crippen LogP contribution is 2.49. The molecule has 1 saturated carbocycles. The van der Waals surface area contributed by atoms with Crippen LogP contribution in [0.4, 0.5) is 0 Å². The van der Waals surface area contributed by atoms with Gasteiger partial charge in [0.25, 0.3) is 0 Å². The van der Waals surface area contributed by atoms with Gasteiger partial charge in [0.15, 0.2) is 11.5 Å². The number of ether oxygens (including phenoxy) is 2. The Kier molecular flexibility index (Phi) is 3.98. The molecule has 0 unspecified atom stereocenters. The lowest BCUT2D eigenvalue weighted by molar-refractivity contribution is -0.145. The molecule has 0 aromatic heterocycles. The fourth-order valence-corrected chi connectivity index (χ4v) is 3.56. The third-order valence-corrected chi connectivity index (χ3v) is 4.78. The summed E-state index contributed by atoms with van der Waals surface area (Å²) in [6, 6.07) is 3.53. The molecule has 0 bridgehead atoms. The largest absolute Gasteiger partial charge is 0.489 e. The van der Waals surface area contributed by atoms with Crippen LogP contribution in [-0.4, -0.2) is 24.3 Å². The summed E-state index contributed by atoms with van der Waals surface area (Å²) in [6.45, 7) is 1.06. The number of benzene rings is 1. The van der Waals surface area contributed by atoms with E-state index in [2.05, 4.69) is 0 Å². The Morgan fingerprint density at radius 3 is 2.38 bits per heavy atom. The third kappa shape index (κ3) is 2.46. The first-order valence-corrected chi connectivity index (χ1v) is 7.85. The molecule has 114 valence electrons. The van der Waals surface area contributed by atoms with Crippen molar-refractivity contribution in [1.82, 2.24) is 0 Å². The van der Waals surface area contributed by atoms with Crippen LogP contribution in [0.2, 0.25) is 5.02 Å². The van der Waals surface area contributed by atoms with E-state index < -0.39 is 11.4 Å². The molecule has 1 aliphatic heterocycles. The van der Waals surface area contributed by atoms with Crippen molar-refractivity contribution >= 4 is 17.6 Å². The van der Waals surface area contributed by atoms with Crippen LogP contribution < -0.4 is 9.47 Å². The topological polar surface area (TPSA) is 55.8 Å². The van der Waals surface area contributed by atoms with Crippen molar-refractivity contribution in [2.75, 3.05) is 13.2 Å². The van der Waals surface area contributed by atoms with Crippen LogP contribution in [-0.2, 0) is 10.2 Å². The molecular formula is C16H19ClO4. The molecule has 1 aliphatic carbocycles. The summed E-state index contributed by atoms with van der Waals surface area (Å²) < 4.78 is 11.5. The Morgan fingerprint density at radius 2 is 1.71 bits per heavy atom. The van der Waals surface area contributed by atoms with Gasteiger partial charge in [-0.25, -0.2) is 0 Å². The third-order valence-electron chi connectivity index (χ3n) is 4.48. The van der Waals surface area contributed by atoms with Crippen LogP contribution in [0, 0.1) is 0 Å². The molecule has 0 saturated heterocycles. The summed E-state index contributed by atoms with van der Waals surface area (Å²) in [4.78, 5) is 12.0. The van der Waals surface area contributed by atoms with E-state index in [0.29, 0.717) is 42.6 Å². The number of fused-ring (bicyclic) bond motifs is 1. The van der Waals surface area contributed by atoms with Crippen LogP contribution in [0.25, 0.3) is 0 Å². The van der Waals surface area contributed by atoms with Crippen molar-refractivity contribution in [3.8, 4) is 11.5 Å². The van der Waals surface area contributed by atoms with Crippen molar-refractivity contribution in [3.63, 3.8) is 0 Å². The van der Waals surface area contributed by atoms with Crippen LogP contribution in [0.5, 0.6) is 11.5 Å². The van der Waals surface area contributed by atoms with E-state index in [0.717, 1.165) is 31.2 Å². The van der Waals surface area contributed by atoms with Crippen molar-refractivity contribution in [2.24, 2.45) is 0 Å². The summed E-state index contributed by atoms with van der Waals surface area (Å²) in [5, 5.41) is 10.3. The van der Waals surface area contributed by atoms with Gasteiger partial charge < -0.3 is 14.6 Å². The molecule has 0 spiro atoms. The molecule has 0 radical (unpaired) electrons. The van der Waals surface area contributed by atoms with Crippen LogP contribution in [0.15, 0.2) is 12.1 Å². The maximum absolute atomic E-state index is 12.0. The Hall–Kier alpha value is -1.42. The molecule has 1 aromatic carbocycles.